The van der Waals surface area contributed by atoms with E-state index in [1.165, 1.54) is 24.5 Å². The molecular formula is C26H25F3N6O6S. The Bertz CT molecular complexity index is 1850. The first-order chi connectivity index (χ1) is 19.8. The molecule has 222 valence electrons. The number of amides is 1. The minimum Gasteiger partial charge on any atom is -0.443 e. The molecule has 0 radical (unpaired) electrons. The molecule has 5 heterocycles. The summed E-state index contributed by atoms with van der Waals surface area (Å²) < 4.78 is 74.0. The molecule has 1 saturated heterocycles. The third kappa shape index (κ3) is 5.34. The average Bonchev–Trinajstić information content (AvgIpc) is 3.61. The van der Waals surface area contributed by atoms with Crippen molar-refractivity contribution in [3.8, 4) is 5.69 Å². The molecule has 1 aliphatic heterocycles. The van der Waals surface area contributed by atoms with Gasteiger partial charge in [0.2, 0.25) is 11.0 Å². The summed E-state index contributed by atoms with van der Waals surface area (Å²) in [6.45, 7) is 2.85. The minimum absolute atomic E-state index is 0.0240. The Morgan fingerprint density at radius 1 is 1.19 bits per heavy atom. The van der Waals surface area contributed by atoms with Gasteiger partial charge in [0.05, 0.1) is 17.4 Å². The van der Waals surface area contributed by atoms with E-state index in [-0.39, 0.29) is 35.9 Å². The van der Waals surface area contributed by atoms with Crippen LogP contribution in [-0.2, 0) is 27.5 Å². The van der Waals surface area contributed by atoms with E-state index in [2.05, 4.69) is 15.3 Å². The Morgan fingerprint density at radius 3 is 2.60 bits per heavy atom. The fourth-order valence-corrected chi connectivity index (χ4v) is 6.38. The van der Waals surface area contributed by atoms with E-state index in [9.17, 15) is 36.0 Å². The normalized spacial score (nSPS) is 16.4. The number of fused-ring (bicyclic) bond motifs is 1. The zero-order valence-corrected chi connectivity index (χ0v) is 23.1. The molecule has 12 nitrogen and oxygen atoms in total. The first kappa shape index (κ1) is 29.2. The summed E-state index contributed by atoms with van der Waals surface area (Å²) in [5.41, 5.74) is -2.42. The summed E-state index contributed by atoms with van der Waals surface area (Å²) in [6.07, 6.45) is 0.843. The van der Waals surface area contributed by atoms with Gasteiger partial charge in [-0.1, -0.05) is 0 Å². The van der Waals surface area contributed by atoms with Crippen LogP contribution in [0.25, 0.3) is 16.7 Å². The van der Waals surface area contributed by atoms with Crippen LogP contribution >= 0.6 is 0 Å². The van der Waals surface area contributed by atoms with Gasteiger partial charge in [0.1, 0.15) is 17.3 Å². The van der Waals surface area contributed by atoms with Gasteiger partial charge in [0, 0.05) is 49.2 Å². The van der Waals surface area contributed by atoms with Gasteiger partial charge < -0.3 is 9.73 Å². The molecule has 4 aromatic rings. The number of carbonyl (C=O) groups excluding carboxylic acids is 1. The molecule has 1 unspecified atom stereocenters. The molecule has 16 heteroatoms. The highest BCUT2D eigenvalue weighted by molar-refractivity contribution is 7.89. The van der Waals surface area contributed by atoms with E-state index in [1.54, 1.807) is 13.8 Å². The third-order valence-electron chi connectivity index (χ3n) is 6.84. The van der Waals surface area contributed by atoms with Gasteiger partial charge in [0.25, 0.3) is 15.6 Å². The van der Waals surface area contributed by atoms with E-state index in [4.69, 9.17) is 4.42 Å². The maximum Gasteiger partial charge on any atom is 0.433 e. The number of hydrogen-bond acceptors (Lipinski definition) is 8. The zero-order valence-electron chi connectivity index (χ0n) is 22.3. The lowest BCUT2D eigenvalue weighted by molar-refractivity contribution is -0.141. The quantitative estimate of drug-likeness (QED) is 0.338. The van der Waals surface area contributed by atoms with Crippen molar-refractivity contribution in [2.24, 2.45) is 0 Å². The van der Waals surface area contributed by atoms with Gasteiger partial charge in [-0.2, -0.15) is 17.5 Å². The Kier molecular flexibility index (Phi) is 7.53. The summed E-state index contributed by atoms with van der Waals surface area (Å²) >= 11 is 0. The molecule has 0 aliphatic carbocycles. The van der Waals surface area contributed by atoms with Gasteiger partial charge in [-0.25, -0.2) is 18.2 Å². The van der Waals surface area contributed by atoms with Gasteiger partial charge >= 0.3 is 11.9 Å². The largest absolute Gasteiger partial charge is 0.443 e. The Labute approximate surface area is 236 Å². The van der Waals surface area contributed by atoms with Crippen LogP contribution in [0.5, 0.6) is 0 Å². The highest BCUT2D eigenvalue weighted by Gasteiger charge is 2.41. The van der Waals surface area contributed by atoms with Crippen molar-refractivity contribution >= 4 is 26.9 Å². The van der Waals surface area contributed by atoms with Gasteiger partial charge in [-0.3, -0.25) is 23.7 Å². The van der Waals surface area contributed by atoms with Crippen molar-refractivity contribution in [2.75, 3.05) is 6.54 Å². The van der Waals surface area contributed by atoms with Gasteiger partial charge in [-0.05, 0) is 44.9 Å². The van der Waals surface area contributed by atoms with Crippen LogP contribution in [0.1, 0.15) is 44.0 Å². The van der Waals surface area contributed by atoms with Crippen molar-refractivity contribution in [1.82, 2.24) is 28.7 Å². The molecule has 0 bridgehead atoms. The number of pyridine rings is 2. The fraction of sp³-hybridized carbons (Fsp3) is 0.346. The first-order valence-electron chi connectivity index (χ1n) is 12.8. The third-order valence-corrected chi connectivity index (χ3v) is 8.60. The lowest BCUT2D eigenvalue weighted by atomic mass is 10.2. The van der Waals surface area contributed by atoms with Crippen molar-refractivity contribution in [2.45, 2.75) is 56.6 Å². The van der Waals surface area contributed by atoms with Crippen molar-refractivity contribution in [3.05, 3.63) is 81.1 Å². The maximum atomic E-state index is 13.4. The van der Waals surface area contributed by atoms with E-state index in [1.807, 2.05) is 0 Å². The first-order valence-corrected chi connectivity index (χ1v) is 14.3. The van der Waals surface area contributed by atoms with Crippen molar-refractivity contribution in [3.63, 3.8) is 0 Å². The maximum absolute atomic E-state index is 13.4. The number of aromatic nitrogens is 4. The predicted molar refractivity (Wildman–Crippen MR) is 142 cm³/mol. The molecular weight excluding hydrogens is 581 g/mol. The van der Waals surface area contributed by atoms with Gasteiger partial charge in [0.15, 0.2) is 0 Å². The number of nitrogens with one attached hydrogen (secondary N) is 1. The molecule has 1 N–H and O–H groups in total. The molecule has 4 aromatic heterocycles. The topological polar surface area (TPSA) is 149 Å². The molecule has 5 rings (SSSR count). The number of alkyl halides is 3. The van der Waals surface area contributed by atoms with Crippen LogP contribution < -0.4 is 16.6 Å². The van der Waals surface area contributed by atoms with Gasteiger partial charge in [-0.15, -0.1) is 0 Å². The predicted octanol–water partition coefficient (Wildman–Crippen LogP) is 2.60. The molecule has 1 aliphatic rings. The summed E-state index contributed by atoms with van der Waals surface area (Å²) in [4.78, 5) is 46.7. The summed E-state index contributed by atoms with van der Waals surface area (Å²) in [7, 11) is -4.19. The number of carbonyl (C=O) groups is 1. The number of sulfonamides is 1. The monoisotopic (exact) mass is 606 g/mol. The smallest absolute Gasteiger partial charge is 0.433 e. The summed E-state index contributed by atoms with van der Waals surface area (Å²) in [6, 6.07) is 2.90. The Morgan fingerprint density at radius 2 is 1.95 bits per heavy atom. The lowest BCUT2D eigenvalue weighted by Crippen LogP contribution is -2.47. The highest BCUT2D eigenvalue weighted by atomic mass is 32.2. The Balaban J connectivity index is 1.41. The number of furan rings is 1. The van der Waals surface area contributed by atoms with Crippen LogP contribution in [0.3, 0.4) is 0 Å². The van der Waals surface area contributed by atoms with E-state index >= 15 is 0 Å². The van der Waals surface area contributed by atoms with E-state index < -0.39 is 51.1 Å². The number of halogens is 3. The second-order valence-electron chi connectivity index (χ2n) is 9.95. The summed E-state index contributed by atoms with van der Waals surface area (Å²) in [5.74, 6) is -0.668. The average molecular weight is 607 g/mol. The summed E-state index contributed by atoms with van der Waals surface area (Å²) in [5, 5.41) is 2.73. The second-order valence-corrected chi connectivity index (χ2v) is 11.8. The molecule has 1 atom stereocenters. The minimum atomic E-state index is -4.68. The molecule has 42 heavy (non-hydrogen) atoms. The SMILES string of the molecule is CC(C)n1c(=O)c(CNC(=O)C2CCCN2S(=O)(=O)c2cc3cnccc3o2)cn(-c2ccc(C(F)(F)F)nc2)c1=O. The molecule has 1 amide bonds. The van der Waals surface area contributed by atoms with Crippen LogP contribution in [-0.4, -0.2) is 50.3 Å². The number of nitrogens with zero attached hydrogens (tertiary/aromatic N) is 5. The standard InChI is InChI=1S/C26H25F3N6O6S/c1-15(2)35-24(37)17(14-33(25(35)38)18-5-6-21(31-13-18)26(27,28)29)12-32-23(36)19-4-3-9-34(19)42(39,40)22-10-16-11-30-8-7-20(16)41-22/h5-8,10-11,13-15,19H,3-4,9,12H2,1-2H3,(H,32,36). The van der Waals surface area contributed by atoms with Crippen LogP contribution in [0.4, 0.5) is 13.2 Å². The number of hydrogen-bond donors (Lipinski definition) is 1. The fourth-order valence-electron chi connectivity index (χ4n) is 4.77. The Hall–Kier alpha value is -4.31. The van der Waals surface area contributed by atoms with E-state index in [0.29, 0.717) is 23.5 Å². The van der Waals surface area contributed by atoms with Crippen LogP contribution in [0.2, 0.25) is 0 Å². The number of rotatable bonds is 7. The molecule has 0 spiro atoms. The molecule has 0 aromatic carbocycles. The zero-order chi connectivity index (χ0) is 30.4. The molecule has 1 fully saturated rings. The lowest BCUT2D eigenvalue weighted by Gasteiger charge is -2.22. The van der Waals surface area contributed by atoms with Crippen LogP contribution in [0.15, 0.2) is 68.2 Å². The van der Waals surface area contributed by atoms with E-state index in [0.717, 1.165) is 31.9 Å². The van der Waals surface area contributed by atoms with Crippen LogP contribution in [0, 0.1) is 0 Å². The second kappa shape index (κ2) is 10.8. The van der Waals surface area contributed by atoms with Crippen molar-refractivity contribution < 1.29 is 30.8 Å². The van der Waals surface area contributed by atoms with Crippen molar-refractivity contribution in [1.29, 1.82) is 0 Å². The highest BCUT2D eigenvalue weighted by Crippen LogP contribution is 2.30. The molecule has 0 saturated carbocycles.